The van der Waals surface area contributed by atoms with Crippen molar-refractivity contribution in [3.63, 3.8) is 0 Å². The zero-order valence-electron chi connectivity index (χ0n) is 8.73. The summed E-state index contributed by atoms with van der Waals surface area (Å²) >= 11 is -0.0205. The molecule has 0 saturated heterocycles. The number of benzene rings is 2. The minimum absolute atomic E-state index is 0.0205. The second-order valence-corrected chi connectivity index (χ2v) is 6.23. The average molecular weight is 326 g/mol. The molecule has 0 aliphatic rings. The van der Waals surface area contributed by atoms with Crippen LogP contribution >= 0.6 is 0 Å². The van der Waals surface area contributed by atoms with Crippen molar-refractivity contribution < 1.29 is 26.3 Å². The van der Waals surface area contributed by atoms with Crippen molar-refractivity contribution in [1.29, 1.82) is 0 Å². The molecule has 0 radical (unpaired) electrons. The summed E-state index contributed by atoms with van der Waals surface area (Å²) in [6, 6.07) is 15.7. The van der Waals surface area contributed by atoms with Gasteiger partial charge in [0.05, 0.1) is 0 Å². The van der Waals surface area contributed by atoms with Crippen molar-refractivity contribution in [3.8, 4) is 16.9 Å². The van der Waals surface area contributed by atoms with Gasteiger partial charge in [-0.05, 0) is 0 Å². The van der Waals surface area contributed by atoms with Crippen molar-refractivity contribution >= 4 is 0 Å². The van der Waals surface area contributed by atoms with Crippen LogP contribution in [0.2, 0.25) is 0 Å². The number of phenols is 1. The number of alkyl halides is 1. The van der Waals surface area contributed by atoms with Gasteiger partial charge in [-0.3, -0.25) is 0 Å². The maximum atomic E-state index is 9.21. The molecule has 0 fully saturated rings. The average Bonchev–Trinajstić information content (AvgIpc) is 2.32. The molecule has 3 N–H and O–H groups in total. The van der Waals surface area contributed by atoms with Crippen molar-refractivity contribution in [3.05, 3.63) is 52.1 Å². The van der Waals surface area contributed by atoms with E-state index in [9.17, 15) is 5.11 Å². The Hall–Kier alpha value is -1.07. The van der Waals surface area contributed by atoms with E-state index in [1.165, 1.54) is 9.13 Å². The predicted octanol–water partition coefficient (Wildman–Crippen LogP) is -0.766. The number of hydrogen-bond donors (Lipinski definition) is 2. The summed E-state index contributed by atoms with van der Waals surface area (Å²) in [5.41, 5.74) is 7.84. The number of hydrogen-bond acceptors (Lipinski definition) is 2. The molecule has 2 nitrogen and oxygen atoms in total. The van der Waals surface area contributed by atoms with Crippen LogP contribution in [0, 0.1) is 3.57 Å². The van der Waals surface area contributed by atoms with E-state index in [0.29, 0.717) is 5.75 Å². The van der Waals surface area contributed by atoms with Gasteiger partial charge >= 0.3 is 106 Å². The molecule has 3 heteroatoms. The van der Waals surface area contributed by atoms with E-state index in [0.717, 1.165) is 10.1 Å². The van der Waals surface area contributed by atoms with Crippen LogP contribution in [0.3, 0.4) is 0 Å². The Morgan fingerprint density at radius 3 is 1.88 bits per heavy atom. The molecule has 0 spiro atoms. The second kappa shape index (κ2) is 5.32. The first-order valence-corrected chi connectivity index (χ1v) is 7.59. The third kappa shape index (κ3) is 2.74. The summed E-state index contributed by atoms with van der Waals surface area (Å²) in [7, 11) is 0. The van der Waals surface area contributed by atoms with E-state index in [1.807, 2.05) is 12.1 Å². The first kappa shape index (κ1) is 11.4. The molecule has 0 amide bonds. The van der Waals surface area contributed by atoms with Crippen LogP contribution in [0.15, 0.2) is 48.5 Å². The van der Waals surface area contributed by atoms with Crippen molar-refractivity contribution in [1.82, 2.24) is 0 Å². The topological polar surface area (TPSA) is 46.2 Å². The van der Waals surface area contributed by atoms with Gasteiger partial charge in [-0.1, -0.05) is 0 Å². The molecule has 0 heterocycles. The van der Waals surface area contributed by atoms with Gasteiger partial charge in [-0.15, -0.1) is 0 Å². The first-order chi connectivity index (χ1) is 7.79. The molecule has 0 aliphatic heterocycles. The first-order valence-electron chi connectivity index (χ1n) is 4.98. The number of phenolic OH excluding ortho intramolecular Hbond substituents is 1. The zero-order valence-corrected chi connectivity index (χ0v) is 10.9. The van der Waals surface area contributed by atoms with Crippen LogP contribution < -0.4 is 26.9 Å². The predicted molar refractivity (Wildman–Crippen MR) is 61.3 cm³/mol. The molecule has 2 aromatic carbocycles. The van der Waals surface area contributed by atoms with Crippen molar-refractivity contribution in [2.75, 3.05) is 4.55 Å². The Balaban J connectivity index is 2.24. The van der Waals surface area contributed by atoms with E-state index < -0.39 is 0 Å². The Labute approximate surface area is 105 Å². The van der Waals surface area contributed by atoms with Gasteiger partial charge in [-0.25, -0.2) is 0 Å². The summed E-state index contributed by atoms with van der Waals surface area (Å²) in [5.74, 6) is 0.300. The van der Waals surface area contributed by atoms with Gasteiger partial charge in [0.1, 0.15) is 0 Å². The molecule has 0 saturated carbocycles. The third-order valence-corrected chi connectivity index (χ3v) is 4.32. The fourth-order valence-electron chi connectivity index (χ4n) is 1.47. The molecular formula is C13H13INO-. The van der Waals surface area contributed by atoms with Crippen molar-refractivity contribution in [2.24, 2.45) is 5.73 Å². The number of rotatable bonds is 3. The summed E-state index contributed by atoms with van der Waals surface area (Å²) in [6.45, 7) is 0. The van der Waals surface area contributed by atoms with Gasteiger partial charge in [0, 0.05) is 0 Å². The number of nitrogens with two attached hydrogens (primary N) is 1. The molecule has 0 atom stereocenters. The Bertz CT molecular complexity index is 450. The molecule has 0 bridgehead atoms. The SMILES string of the molecule is NC[I-]c1ccc(-c2ccc(O)cc2)cc1. The molecule has 0 aliphatic carbocycles. The van der Waals surface area contributed by atoms with Crippen LogP contribution in [0.5, 0.6) is 5.75 Å². The molecule has 16 heavy (non-hydrogen) atoms. The number of aromatic hydroxyl groups is 1. The fraction of sp³-hybridized carbons (Fsp3) is 0.0769. The summed E-state index contributed by atoms with van der Waals surface area (Å²) in [5, 5.41) is 9.21. The molecule has 0 unspecified atom stereocenters. The number of halogens is 1. The maximum absolute atomic E-state index is 9.21. The van der Waals surface area contributed by atoms with Crippen LogP contribution in [0.1, 0.15) is 0 Å². The van der Waals surface area contributed by atoms with Crippen molar-refractivity contribution in [2.45, 2.75) is 0 Å². The molecular weight excluding hydrogens is 313 g/mol. The Morgan fingerprint density at radius 2 is 1.38 bits per heavy atom. The Morgan fingerprint density at radius 1 is 0.875 bits per heavy atom. The van der Waals surface area contributed by atoms with Crippen LogP contribution in [0.25, 0.3) is 11.1 Å². The van der Waals surface area contributed by atoms with Gasteiger partial charge in [0.15, 0.2) is 0 Å². The monoisotopic (exact) mass is 326 g/mol. The summed E-state index contributed by atoms with van der Waals surface area (Å²) < 4.78 is 2.15. The van der Waals surface area contributed by atoms with Gasteiger partial charge < -0.3 is 0 Å². The minimum atomic E-state index is -0.0205. The molecule has 2 rings (SSSR count). The third-order valence-electron chi connectivity index (χ3n) is 2.28. The van der Waals surface area contributed by atoms with Crippen LogP contribution in [0.4, 0.5) is 0 Å². The summed E-state index contributed by atoms with van der Waals surface area (Å²) in [4.78, 5) is 0. The molecule has 84 valence electrons. The van der Waals surface area contributed by atoms with E-state index in [2.05, 4.69) is 24.3 Å². The zero-order chi connectivity index (χ0) is 11.4. The summed E-state index contributed by atoms with van der Waals surface area (Å²) in [6.07, 6.45) is 0. The second-order valence-electron chi connectivity index (χ2n) is 3.34. The Kier molecular flexibility index (Phi) is 3.79. The van der Waals surface area contributed by atoms with E-state index in [-0.39, 0.29) is 21.2 Å². The van der Waals surface area contributed by atoms with E-state index >= 15 is 0 Å². The normalized spacial score (nSPS) is 10.6. The van der Waals surface area contributed by atoms with E-state index in [1.54, 1.807) is 12.1 Å². The fourth-order valence-corrected chi connectivity index (χ4v) is 2.85. The van der Waals surface area contributed by atoms with Crippen LogP contribution in [-0.2, 0) is 0 Å². The van der Waals surface area contributed by atoms with Gasteiger partial charge in [0.25, 0.3) is 0 Å². The van der Waals surface area contributed by atoms with Gasteiger partial charge in [-0.2, -0.15) is 0 Å². The standard InChI is InChI=1S/C13H13INO/c15-9-14-12-5-1-10(2-6-12)11-3-7-13(16)8-4-11/h1-8,16H,9,15H2/q-1. The molecule has 0 aromatic heterocycles. The quantitative estimate of drug-likeness (QED) is 0.442. The van der Waals surface area contributed by atoms with Gasteiger partial charge in [0.2, 0.25) is 0 Å². The van der Waals surface area contributed by atoms with E-state index in [4.69, 9.17) is 5.73 Å². The van der Waals surface area contributed by atoms with Crippen LogP contribution in [-0.4, -0.2) is 9.66 Å². The molecule has 2 aromatic rings.